The molecule has 15 heavy (non-hydrogen) atoms. The van der Waals surface area contributed by atoms with Gasteiger partial charge in [-0.15, -0.1) is 0 Å². The number of rotatable bonds is 5. The van der Waals surface area contributed by atoms with Gasteiger partial charge < -0.3 is 10.4 Å². The van der Waals surface area contributed by atoms with E-state index < -0.39 is 12.0 Å². The first kappa shape index (κ1) is 12.2. The summed E-state index contributed by atoms with van der Waals surface area (Å²) in [4.78, 5) is 3.29. The Bertz CT molecular complexity index is 302. The van der Waals surface area contributed by atoms with Gasteiger partial charge in [0.2, 0.25) is 11.0 Å². The number of nitrogens with zero attached hydrogens (tertiary/aromatic N) is 2. The second kappa shape index (κ2) is 5.26. The van der Waals surface area contributed by atoms with Crippen molar-refractivity contribution < 1.29 is 18.3 Å². The van der Waals surface area contributed by atoms with Gasteiger partial charge in [0, 0.05) is 24.7 Å². The zero-order valence-electron chi connectivity index (χ0n) is 7.71. The van der Waals surface area contributed by atoms with E-state index >= 15 is 0 Å². The van der Waals surface area contributed by atoms with Gasteiger partial charge in [-0.2, -0.15) is 22.5 Å². The summed E-state index contributed by atoms with van der Waals surface area (Å²) in [6.45, 7) is 0.554. The quantitative estimate of drug-likeness (QED) is 0.771. The number of nitrogens with one attached hydrogen (secondary N) is 1. The number of halogens is 3. The Morgan fingerprint density at radius 2 is 2.07 bits per heavy atom. The van der Waals surface area contributed by atoms with Gasteiger partial charge >= 0.3 is 6.18 Å². The van der Waals surface area contributed by atoms with E-state index in [4.69, 9.17) is 5.11 Å². The number of aromatic nitrogens is 2. The maximum Gasteiger partial charge on any atom is 0.452 e. The van der Waals surface area contributed by atoms with Gasteiger partial charge in [-0.05, 0) is 12.8 Å². The van der Waals surface area contributed by atoms with E-state index in [2.05, 4.69) is 14.7 Å². The summed E-state index contributed by atoms with van der Waals surface area (Å²) < 4.78 is 39.4. The molecule has 86 valence electrons. The molecule has 1 rings (SSSR count). The van der Waals surface area contributed by atoms with Crippen LogP contribution in [0.4, 0.5) is 18.3 Å². The van der Waals surface area contributed by atoms with Crippen LogP contribution in [0.15, 0.2) is 0 Å². The van der Waals surface area contributed by atoms with Crippen molar-refractivity contribution in [1.29, 1.82) is 0 Å². The normalized spacial score (nSPS) is 11.7. The van der Waals surface area contributed by atoms with Gasteiger partial charge in [0.25, 0.3) is 0 Å². The fourth-order valence-electron chi connectivity index (χ4n) is 0.843. The lowest BCUT2D eigenvalue weighted by atomic mass is 10.3. The molecule has 0 aliphatic carbocycles. The fourth-order valence-corrected chi connectivity index (χ4v) is 1.45. The Morgan fingerprint density at radius 3 is 2.60 bits per heavy atom. The van der Waals surface area contributed by atoms with E-state index in [1.165, 1.54) is 0 Å². The molecule has 0 atom stereocenters. The molecule has 0 aliphatic rings. The molecular weight excluding hydrogens is 231 g/mol. The average Bonchev–Trinajstić information content (AvgIpc) is 2.60. The van der Waals surface area contributed by atoms with Crippen molar-refractivity contribution in [3.63, 3.8) is 0 Å². The molecule has 0 amide bonds. The number of anilines is 1. The monoisotopic (exact) mass is 241 g/mol. The minimum Gasteiger partial charge on any atom is -0.396 e. The van der Waals surface area contributed by atoms with Crippen LogP contribution in [-0.2, 0) is 6.18 Å². The summed E-state index contributed by atoms with van der Waals surface area (Å²) in [5, 5.41) is 11.3. The van der Waals surface area contributed by atoms with Crippen molar-refractivity contribution in [2.75, 3.05) is 18.5 Å². The van der Waals surface area contributed by atoms with Crippen LogP contribution in [0.2, 0.25) is 0 Å². The number of hydrogen-bond acceptors (Lipinski definition) is 5. The smallest absolute Gasteiger partial charge is 0.396 e. The summed E-state index contributed by atoms with van der Waals surface area (Å²) >= 11 is 0.680. The molecular formula is C7H10F3N3OS. The number of hydrogen-bond donors (Lipinski definition) is 2. The number of aliphatic hydroxyl groups excluding tert-OH is 1. The molecule has 0 aromatic carbocycles. The average molecular weight is 241 g/mol. The molecule has 0 spiro atoms. The lowest BCUT2D eigenvalue weighted by Gasteiger charge is -2.00. The van der Waals surface area contributed by atoms with E-state index in [9.17, 15) is 13.2 Å². The molecule has 0 saturated carbocycles. The predicted octanol–water partition coefficient (Wildman–Crippen LogP) is 1.74. The molecule has 0 radical (unpaired) electrons. The van der Waals surface area contributed by atoms with Crippen molar-refractivity contribution in [2.45, 2.75) is 19.0 Å². The number of unbranched alkanes of at least 4 members (excludes halogenated alkanes) is 1. The summed E-state index contributed by atoms with van der Waals surface area (Å²) in [6, 6.07) is 0. The van der Waals surface area contributed by atoms with Crippen molar-refractivity contribution >= 4 is 16.7 Å². The molecule has 1 aromatic rings. The second-order valence-electron chi connectivity index (χ2n) is 2.78. The third kappa shape index (κ3) is 4.00. The molecule has 0 aliphatic heterocycles. The predicted molar refractivity (Wildman–Crippen MR) is 49.7 cm³/mol. The molecule has 1 heterocycles. The van der Waals surface area contributed by atoms with E-state index in [0.29, 0.717) is 30.9 Å². The van der Waals surface area contributed by atoms with Gasteiger partial charge in [0.15, 0.2) is 0 Å². The molecule has 2 N–H and O–H groups in total. The topological polar surface area (TPSA) is 58.0 Å². The minimum absolute atomic E-state index is 0.0750. The highest BCUT2D eigenvalue weighted by Gasteiger charge is 2.35. The van der Waals surface area contributed by atoms with Crippen LogP contribution < -0.4 is 5.32 Å². The van der Waals surface area contributed by atoms with E-state index in [1.807, 2.05) is 0 Å². The largest absolute Gasteiger partial charge is 0.452 e. The third-order valence-corrected chi connectivity index (χ3v) is 2.21. The highest BCUT2D eigenvalue weighted by Crippen LogP contribution is 2.28. The number of alkyl halides is 3. The van der Waals surface area contributed by atoms with Gasteiger partial charge in [0.1, 0.15) is 0 Å². The summed E-state index contributed by atoms with van der Waals surface area (Å²) in [5.41, 5.74) is 0. The van der Waals surface area contributed by atoms with E-state index in [0.717, 1.165) is 0 Å². The van der Waals surface area contributed by atoms with Crippen LogP contribution >= 0.6 is 11.5 Å². The molecule has 0 saturated heterocycles. The molecule has 4 nitrogen and oxygen atoms in total. The lowest BCUT2D eigenvalue weighted by molar-refractivity contribution is -0.144. The fraction of sp³-hybridized carbons (Fsp3) is 0.714. The van der Waals surface area contributed by atoms with Crippen LogP contribution in [0.25, 0.3) is 0 Å². The minimum atomic E-state index is -4.48. The number of aliphatic hydroxyl groups is 1. The van der Waals surface area contributed by atoms with Crippen LogP contribution in [0.1, 0.15) is 18.7 Å². The molecule has 0 bridgehead atoms. The molecule has 0 unspecified atom stereocenters. The van der Waals surface area contributed by atoms with Crippen molar-refractivity contribution in [3.8, 4) is 0 Å². The van der Waals surface area contributed by atoms with Gasteiger partial charge in [-0.3, -0.25) is 0 Å². The van der Waals surface area contributed by atoms with Gasteiger partial charge in [0.05, 0.1) is 0 Å². The lowest BCUT2D eigenvalue weighted by Crippen LogP contribution is -2.08. The first-order valence-electron chi connectivity index (χ1n) is 4.29. The first-order valence-corrected chi connectivity index (χ1v) is 5.07. The summed E-state index contributed by atoms with van der Waals surface area (Å²) in [6.07, 6.45) is -3.20. The van der Waals surface area contributed by atoms with E-state index in [-0.39, 0.29) is 11.7 Å². The van der Waals surface area contributed by atoms with Crippen molar-refractivity contribution in [1.82, 2.24) is 9.36 Å². The zero-order chi connectivity index (χ0) is 11.3. The second-order valence-corrected chi connectivity index (χ2v) is 3.53. The van der Waals surface area contributed by atoms with Crippen LogP contribution in [0.3, 0.4) is 0 Å². The maximum absolute atomic E-state index is 12.1. The van der Waals surface area contributed by atoms with Crippen molar-refractivity contribution in [2.24, 2.45) is 0 Å². The Morgan fingerprint density at radius 1 is 1.33 bits per heavy atom. The van der Waals surface area contributed by atoms with Crippen LogP contribution in [-0.4, -0.2) is 27.6 Å². The standard InChI is InChI=1S/C7H10F3N3OS/c8-7(9,10)5-12-6(15-13-5)11-3-1-2-4-14/h14H,1-4H2,(H,11,12,13). The maximum atomic E-state index is 12.1. The Balaban J connectivity index is 2.40. The summed E-state index contributed by atoms with van der Waals surface area (Å²) in [7, 11) is 0. The molecule has 8 heteroatoms. The SMILES string of the molecule is OCCCCNc1nc(C(F)(F)F)ns1. The van der Waals surface area contributed by atoms with E-state index in [1.54, 1.807) is 0 Å². The van der Waals surface area contributed by atoms with Gasteiger partial charge in [-0.1, -0.05) is 0 Å². The third-order valence-electron chi connectivity index (χ3n) is 1.54. The zero-order valence-corrected chi connectivity index (χ0v) is 8.53. The van der Waals surface area contributed by atoms with Crippen LogP contribution in [0, 0.1) is 0 Å². The Kier molecular flexibility index (Phi) is 4.28. The molecule has 0 fully saturated rings. The highest BCUT2D eigenvalue weighted by molar-refractivity contribution is 7.09. The Hall–Kier alpha value is -0.890. The van der Waals surface area contributed by atoms with Crippen LogP contribution in [0.5, 0.6) is 0 Å². The van der Waals surface area contributed by atoms with Gasteiger partial charge in [-0.25, -0.2) is 0 Å². The molecule has 1 aromatic heterocycles. The highest BCUT2D eigenvalue weighted by atomic mass is 32.1. The van der Waals surface area contributed by atoms with Crippen molar-refractivity contribution in [3.05, 3.63) is 5.82 Å². The summed E-state index contributed by atoms with van der Waals surface area (Å²) in [5.74, 6) is -1.11. The first-order chi connectivity index (χ1) is 7.04. The Labute approximate surface area is 88.3 Å².